The molecule has 0 aromatic heterocycles. The molecule has 4 heteroatoms. The van der Waals surface area contributed by atoms with E-state index < -0.39 is 0 Å². The van der Waals surface area contributed by atoms with E-state index in [9.17, 15) is 4.79 Å². The van der Waals surface area contributed by atoms with Gasteiger partial charge in [0.15, 0.2) is 0 Å². The molecule has 0 spiro atoms. The Labute approximate surface area is 103 Å². The van der Waals surface area contributed by atoms with Gasteiger partial charge in [0.2, 0.25) is 5.91 Å². The first kappa shape index (κ1) is 12.8. The van der Waals surface area contributed by atoms with Gasteiger partial charge in [0.1, 0.15) is 0 Å². The Balaban J connectivity index is 2.01. The van der Waals surface area contributed by atoms with Gasteiger partial charge in [0.05, 0.1) is 25.2 Å². The largest absolute Gasteiger partial charge is 0.377 e. The normalized spacial score (nSPS) is 35.4. The van der Waals surface area contributed by atoms with Crippen molar-refractivity contribution in [3.8, 4) is 0 Å². The molecule has 2 aliphatic rings. The lowest BCUT2D eigenvalue weighted by atomic mass is 9.93. The van der Waals surface area contributed by atoms with Gasteiger partial charge in [0, 0.05) is 12.6 Å². The van der Waals surface area contributed by atoms with Crippen molar-refractivity contribution in [1.29, 1.82) is 0 Å². The molecule has 1 saturated carbocycles. The first-order chi connectivity index (χ1) is 8.20. The van der Waals surface area contributed by atoms with E-state index in [1.54, 1.807) is 0 Å². The maximum atomic E-state index is 12.5. The summed E-state index contributed by atoms with van der Waals surface area (Å²) in [5.74, 6) is 0.299. The SMILES string of the molecule is CC1COCCN1C(=O)C1CCCCCC1N. The third-order valence-electron chi connectivity index (χ3n) is 4.04. The van der Waals surface area contributed by atoms with E-state index in [-0.39, 0.29) is 23.9 Å². The quantitative estimate of drug-likeness (QED) is 0.699. The predicted molar refractivity (Wildman–Crippen MR) is 66.5 cm³/mol. The van der Waals surface area contributed by atoms with E-state index in [1.807, 2.05) is 4.90 Å². The summed E-state index contributed by atoms with van der Waals surface area (Å²) >= 11 is 0. The van der Waals surface area contributed by atoms with Gasteiger partial charge in [-0.2, -0.15) is 0 Å². The van der Waals surface area contributed by atoms with E-state index >= 15 is 0 Å². The highest BCUT2D eigenvalue weighted by Gasteiger charge is 2.33. The van der Waals surface area contributed by atoms with Crippen molar-refractivity contribution in [1.82, 2.24) is 4.90 Å². The van der Waals surface area contributed by atoms with Crippen molar-refractivity contribution in [2.45, 2.75) is 51.1 Å². The molecule has 1 aliphatic heterocycles. The maximum absolute atomic E-state index is 12.5. The van der Waals surface area contributed by atoms with Gasteiger partial charge in [-0.05, 0) is 19.8 Å². The molecule has 2 N–H and O–H groups in total. The number of carbonyl (C=O) groups excluding carboxylic acids is 1. The number of nitrogens with zero attached hydrogens (tertiary/aromatic N) is 1. The van der Waals surface area contributed by atoms with Crippen molar-refractivity contribution < 1.29 is 9.53 Å². The Morgan fingerprint density at radius 3 is 2.82 bits per heavy atom. The van der Waals surface area contributed by atoms with Gasteiger partial charge < -0.3 is 15.4 Å². The fraction of sp³-hybridized carbons (Fsp3) is 0.923. The molecule has 2 fully saturated rings. The zero-order valence-electron chi connectivity index (χ0n) is 10.7. The molecule has 17 heavy (non-hydrogen) atoms. The molecule has 1 aliphatic carbocycles. The summed E-state index contributed by atoms with van der Waals surface area (Å²) < 4.78 is 5.38. The van der Waals surface area contributed by atoms with Crippen LogP contribution in [-0.2, 0) is 9.53 Å². The van der Waals surface area contributed by atoms with Crippen molar-refractivity contribution >= 4 is 5.91 Å². The Hall–Kier alpha value is -0.610. The van der Waals surface area contributed by atoms with Gasteiger partial charge in [0.25, 0.3) is 0 Å². The van der Waals surface area contributed by atoms with Crippen LogP contribution in [0.5, 0.6) is 0 Å². The predicted octanol–water partition coefficient (Wildman–Crippen LogP) is 1.14. The van der Waals surface area contributed by atoms with Crippen LogP contribution in [0, 0.1) is 5.92 Å². The molecule has 3 unspecified atom stereocenters. The van der Waals surface area contributed by atoms with E-state index in [0.717, 1.165) is 25.8 Å². The second-order valence-electron chi connectivity index (χ2n) is 5.36. The minimum atomic E-state index is 0.0399. The lowest BCUT2D eigenvalue weighted by Crippen LogP contribution is -2.52. The number of hydrogen-bond acceptors (Lipinski definition) is 3. The van der Waals surface area contributed by atoms with E-state index in [0.29, 0.717) is 13.2 Å². The first-order valence-corrected chi connectivity index (χ1v) is 6.84. The number of ether oxygens (including phenoxy) is 1. The summed E-state index contributed by atoms with van der Waals surface area (Å²) in [6.45, 7) is 4.11. The third-order valence-corrected chi connectivity index (χ3v) is 4.04. The molecule has 1 heterocycles. The highest BCUT2D eigenvalue weighted by Crippen LogP contribution is 2.25. The summed E-state index contributed by atoms with van der Waals surface area (Å²) in [4.78, 5) is 14.5. The number of carbonyl (C=O) groups is 1. The standard InChI is InChI=1S/C13H24N2O2/c1-10-9-17-8-7-15(10)13(16)11-5-3-2-4-6-12(11)14/h10-12H,2-9,14H2,1H3. The summed E-state index contributed by atoms with van der Waals surface area (Å²) in [5.41, 5.74) is 6.15. The van der Waals surface area contributed by atoms with E-state index in [4.69, 9.17) is 10.5 Å². The lowest BCUT2D eigenvalue weighted by molar-refractivity contribution is -0.144. The zero-order valence-corrected chi connectivity index (χ0v) is 10.7. The van der Waals surface area contributed by atoms with E-state index in [2.05, 4.69) is 6.92 Å². The van der Waals surface area contributed by atoms with Crippen molar-refractivity contribution in [3.05, 3.63) is 0 Å². The molecule has 0 aromatic carbocycles. The number of amides is 1. The first-order valence-electron chi connectivity index (χ1n) is 6.84. The number of hydrogen-bond donors (Lipinski definition) is 1. The monoisotopic (exact) mass is 240 g/mol. The van der Waals surface area contributed by atoms with Gasteiger partial charge in [-0.3, -0.25) is 4.79 Å². The van der Waals surface area contributed by atoms with Gasteiger partial charge in [-0.25, -0.2) is 0 Å². The van der Waals surface area contributed by atoms with Crippen LogP contribution in [0.25, 0.3) is 0 Å². The second kappa shape index (κ2) is 5.83. The molecule has 4 nitrogen and oxygen atoms in total. The van der Waals surface area contributed by atoms with Gasteiger partial charge >= 0.3 is 0 Å². The minimum Gasteiger partial charge on any atom is -0.377 e. The summed E-state index contributed by atoms with van der Waals surface area (Å²) in [6, 6.07) is 0.256. The van der Waals surface area contributed by atoms with Crippen molar-refractivity contribution in [2.24, 2.45) is 11.7 Å². The van der Waals surface area contributed by atoms with Crippen LogP contribution in [-0.4, -0.2) is 42.6 Å². The molecular weight excluding hydrogens is 216 g/mol. The Bertz CT molecular complexity index is 270. The molecule has 2 rings (SSSR count). The second-order valence-corrected chi connectivity index (χ2v) is 5.36. The number of rotatable bonds is 1. The van der Waals surface area contributed by atoms with Crippen LogP contribution >= 0.6 is 0 Å². The molecule has 1 saturated heterocycles. The van der Waals surface area contributed by atoms with Crippen molar-refractivity contribution in [2.75, 3.05) is 19.8 Å². The maximum Gasteiger partial charge on any atom is 0.227 e. The molecule has 1 amide bonds. The molecular formula is C13H24N2O2. The average Bonchev–Trinajstić information content (AvgIpc) is 2.54. The zero-order chi connectivity index (χ0) is 12.3. The minimum absolute atomic E-state index is 0.0399. The average molecular weight is 240 g/mol. The summed E-state index contributed by atoms with van der Waals surface area (Å²) in [7, 11) is 0. The van der Waals surface area contributed by atoms with Crippen LogP contribution in [0.2, 0.25) is 0 Å². The number of nitrogens with two attached hydrogens (primary N) is 1. The third kappa shape index (κ3) is 2.99. The number of morpholine rings is 1. The highest BCUT2D eigenvalue weighted by atomic mass is 16.5. The Morgan fingerprint density at radius 2 is 2.06 bits per heavy atom. The molecule has 0 aromatic rings. The van der Waals surface area contributed by atoms with Crippen molar-refractivity contribution in [3.63, 3.8) is 0 Å². The van der Waals surface area contributed by atoms with E-state index in [1.165, 1.54) is 12.8 Å². The smallest absolute Gasteiger partial charge is 0.227 e. The highest BCUT2D eigenvalue weighted by molar-refractivity contribution is 5.80. The van der Waals surface area contributed by atoms with Gasteiger partial charge in [-0.15, -0.1) is 0 Å². The van der Waals surface area contributed by atoms with Crippen LogP contribution in [0.15, 0.2) is 0 Å². The summed E-state index contributed by atoms with van der Waals surface area (Å²) in [6.07, 6.45) is 5.49. The molecule has 0 bridgehead atoms. The van der Waals surface area contributed by atoms with Crippen LogP contribution < -0.4 is 5.73 Å². The van der Waals surface area contributed by atoms with Crippen LogP contribution in [0.4, 0.5) is 0 Å². The Kier molecular flexibility index (Phi) is 4.40. The topological polar surface area (TPSA) is 55.6 Å². The lowest BCUT2D eigenvalue weighted by Gasteiger charge is -2.36. The van der Waals surface area contributed by atoms with Crippen LogP contribution in [0.1, 0.15) is 39.0 Å². The summed E-state index contributed by atoms with van der Waals surface area (Å²) in [5, 5.41) is 0. The molecule has 98 valence electrons. The molecule has 0 radical (unpaired) electrons. The Morgan fingerprint density at radius 1 is 1.29 bits per heavy atom. The van der Waals surface area contributed by atoms with Gasteiger partial charge in [-0.1, -0.05) is 19.3 Å². The molecule has 3 atom stereocenters. The fourth-order valence-electron chi connectivity index (χ4n) is 2.91. The van der Waals surface area contributed by atoms with Crippen LogP contribution in [0.3, 0.4) is 0 Å². The fourth-order valence-corrected chi connectivity index (χ4v) is 2.91.